The molecular weight excluding hydrogens is 356 g/mol. The molecule has 0 radical (unpaired) electrons. The van der Waals surface area contributed by atoms with E-state index in [1.807, 2.05) is 6.92 Å². The Labute approximate surface area is 159 Å². The second-order valence-electron chi connectivity index (χ2n) is 8.47. The molecule has 6 nitrogen and oxygen atoms in total. The first-order valence-electron chi connectivity index (χ1n) is 9.78. The molecule has 8 atom stereocenters. The molecule has 1 spiro atoms. The Kier molecular flexibility index (Phi) is 5.06. The van der Waals surface area contributed by atoms with Crippen molar-refractivity contribution >= 4 is 17.7 Å². The van der Waals surface area contributed by atoms with Crippen molar-refractivity contribution in [2.75, 3.05) is 12.9 Å². The van der Waals surface area contributed by atoms with Gasteiger partial charge in [-0.15, -0.1) is 11.8 Å². The van der Waals surface area contributed by atoms with E-state index in [1.54, 1.807) is 11.8 Å². The minimum absolute atomic E-state index is 0.0131. The first-order chi connectivity index (χ1) is 12.4. The third-order valence-corrected chi connectivity index (χ3v) is 8.22. The van der Waals surface area contributed by atoms with Crippen LogP contribution in [0.15, 0.2) is 0 Å². The van der Waals surface area contributed by atoms with Crippen LogP contribution in [-0.2, 0) is 28.8 Å². The van der Waals surface area contributed by atoms with E-state index in [9.17, 15) is 4.79 Å². The molecule has 148 valence electrons. The molecule has 0 amide bonds. The highest BCUT2D eigenvalue weighted by Gasteiger charge is 2.69. The van der Waals surface area contributed by atoms with E-state index in [-0.39, 0.29) is 11.4 Å². The van der Waals surface area contributed by atoms with Crippen molar-refractivity contribution in [1.29, 1.82) is 0 Å². The van der Waals surface area contributed by atoms with Crippen molar-refractivity contribution in [2.45, 2.75) is 76.0 Å². The summed E-state index contributed by atoms with van der Waals surface area (Å²) in [5.74, 6) is 1.36. The lowest BCUT2D eigenvalue weighted by atomic mass is 9.58. The number of rotatable bonds is 4. The summed E-state index contributed by atoms with van der Waals surface area (Å²) in [7, 11) is 1.42. The zero-order valence-electron chi connectivity index (χ0n) is 16.1. The highest BCUT2D eigenvalue weighted by atomic mass is 32.2. The smallest absolute Gasteiger partial charge is 0.306 e. The van der Waals surface area contributed by atoms with Crippen LogP contribution in [0.5, 0.6) is 0 Å². The highest BCUT2D eigenvalue weighted by molar-refractivity contribution is 7.99. The minimum atomic E-state index is -0.737. The van der Waals surface area contributed by atoms with Crippen LogP contribution >= 0.6 is 11.8 Å². The van der Waals surface area contributed by atoms with Gasteiger partial charge in [0.15, 0.2) is 11.9 Å². The van der Waals surface area contributed by atoms with E-state index in [1.165, 1.54) is 13.5 Å². The van der Waals surface area contributed by atoms with Gasteiger partial charge in [-0.25, -0.2) is 9.78 Å². The van der Waals surface area contributed by atoms with E-state index in [2.05, 4.69) is 13.8 Å². The van der Waals surface area contributed by atoms with Gasteiger partial charge in [-0.05, 0) is 43.9 Å². The molecule has 2 bridgehead atoms. The summed E-state index contributed by atoms with van der Waals surface area (Å²) in [6.07, 6.45) is 4.15. The normalized spacial score (nSPS) is 50.0. The van der Waals surface area contributed by atoms with Crippen molar-refractivity contribution in [3.05, 3.63) is 0 Å². The second kappa shape index (κ2) is 6.92. The molecule has 26 heavy (non-hydrogen) atoms. The van der Waals surface area contributed by atoms with Crippen molar-refractivity contribution in [1.82, 2.24) is 0 Å². The van der Waals surface area contributed by atoms with Crippen LogP contribution in [-0.4, -0.2) is 41.9 Å². The maximum absolute atomic E-state index is 11.4. The summed E-state index contributed by atoms with van der Waals surface area (Å²) in [5, 5.41) is 0. The zero-order chi connectivity index (χ0) is 18.5. The molecule has 0 aromatic heterocycles. The molecule has 0 aromatic rings. The van der Waals surface area contributed by atoms with Crippen molar-refractivity contribution in [3.63, 3.8) is 0 Å². The summed E-state index contributed by atoms with van der Waals surface area (Å²) in [6, 6.07) is 0. The number of hydrogen-bond acceptors (Lipinski definition) is 7. The van der Waals surface area contributed by atoms with Crippen LogP contribution < -0.4 is 0 Å². The number of ether oxygens (including phenoxy) is 3. The van der Waals surface area contributed by atoms with Crippen LogP contribution in [0, 0.1) is 23.7 Å². The number of thioether (sulfide) groups is 1. The summed E-state index contributed by atoms with van der Waals surface area (Å²) in [6.45, 7) is 6.50. The number of fused-ring (bicyclic) bond motifs is 2. The molecule has 5 fully saturated rings. The molecule has 5 aliphatic rings. The monoisotopic (exact) mass is 386 g/mol. The molecule has 1 saturated carbocycles. The van der Waals surface area contributed by atoms with Gasteiger partial charge in [-0.2, -0.15) is 0 Å². The lowest BCUT2D eigenvalue weighted by Gasteiger charge is -2.60. The third kappa shape index (κ3) is 2.91. The number of esters is 1. The number of carbonyl (C=O) groups excluding carboxylic acids is 1. The van der Waals surface area contributed by atoms with Gasteiger partial charge >= 0.3 is 5.97 Å². The van der Waals surface area contributed by atoms with Gasteiger partial charge in [0.25, 0.3) is 0 Å². The van der Waals surface area contributed by atoms with Crippen LogP contribution in [0.4, 0.5) is 0 Å². The largest absolute Gasteiger partial charge is 0.469 e. The molecule has 4 heterocycles. The summed E-state index contributed by atoms with van der Waals surface area (Å²) in [5.41, 5.74) is -0.521. The third-order valence-electron chi connectivity index (χ3n) is 6.91. The lowest BCUT2D eigenvalue weighted by Crippen LogP contribution is -2.70. The van der Waals surface area contributed by atoms with Crippen molar-refractivity contribution in [3.8, 4) is 0 Å². The van der Waals surface area contributed by atoms with E-state index in [4.69, 9.17) is 24.0 Å². The summed E-state index contributed by atoms with van der Waals surface area (Å²) >= 11 is 1.68. The second-order valence-corrected chi connectivity index (χ2v) is 9.68. The molecule has 7 heteroatoms. The molecule has 0 N–H and O–H groups in total. The lowest BCUT2D eigenvalue weighted by molar-refractivity contribution is -0.568. The predicted octanol–water partition coefficient (Wildman–Crippen LogP) is 3.49. The van der Waals surface area contributed by atoms with Gasteiger partial charge in [0.05, 0.1) is 13.5 Å². The average Bonchev–Trinajstić information content (AvgIpc) is 2.85. The van der Waals surface area contributed by atoms with Crippen LogP contribution in [0.25, 0.3) is 0 Å². The van der Waals surface area contributed by atoms with Gasteiger partial charge in [0.2, 0.25) is 5.79 Å². The topological polar surface area (TPSA) is 63.2 Å². The van der Waals surface area contributed by atoms with E-state index in [0.29, 0.717) is 35.8 Å². The van der Waals surface area contributed by atoms with Crippen LogP contribution in [0.3, 0.4) is 0 Å². The van der Waals surface area contributed by atoms with Gasteiger partial charge in [0, 0.05) is 18.1 Å². The first-order valence-corrected chi connectivity index (χ1v) is 10.8. The molecule has 0 aromatic carbocycles. The Bertz CT molecular complexity index is 558. The Morgan fingerprint density at radius 2 is 2.00 bits per heavy atom. The number of hydrogen-bond donors (Lipinski definition) is 0. The quantitative estimate of drug-likeness (QED) is 0.541. The van der Waals surface area contributed by atoms with Crippen molar-refractivity contribution < 1.29 is 28.8 Å². The first kappa shape index (κ1) is 19.0. The zero-order valence-corrected chi connectivity index (χ0v) is 16.9. The Balaban J connectivity index is 1.57. The fourth-order valence-electron chi connectivity index (χ4n) is 5.42. The summed E-state index contributed by atoms with van der Waals surface area (Å²) in [4.78, 5) is 23.4. The molecular formula is C19H30O6S. The van der Waals surface area contributed by atoms with Gasteiger partial charge in [-0.1, -0.05) is 13.8 Å². The predicted molar refractivity (Wildman–Crippen MR) is 95.9 cm³/mol. The van der Waals surface area contributed by atoms with E-state index >= 15 is 0 Å². The van der Waals surface area contributed by atoms with Crippen LogP contribution in [0.2, 0.25) is 0 Å². The minimum Gasteiger partial charge on any atom is -0.469 e. The summed E-state index contributed by atoms with van der Waals surface area (Å²) < 4.78 is 17.5. The molecule has 4 saturated heterocycles. The molecule has 1 aliphatic carbocycles. The SMILES string of the molecule is COC(=O)CCS[C@@H]1O[C@@H]2O[C@]3(C)CC[C@H]4[C@H](C)CC[C@@H]([C@H]1C)[C@@]24OO3. The van der Waals surface area contributed by atoms with Crippen molar-refractivity contribution in [2.24, 2.45) is 23.7 Å². The molecule has 0 unspecified atom stereocenters. The maximum atomic E-state index is 11.4. The van der Waals surface area contributed by atoms with Gasteiger partial charge < -0.3 is 14.2 Å². The Morgan fingerprint density at radius 3 is 2.77 bits per heavy atom. The maximum Gasteiger partial charge on any atom is 0.306 e. The fourth-order valence-corrected chi connectivity index (χ4v) is 6.61. The Morgan fingerprint density at radius 1 is 1.19 bits per heavy atom. The van der Waals surface area contributed by atoms with E-state index in [0.717, 1.165) is 19.3 Å². The highest BCUT2D eigenvalue weighted by Crippen LogP contribution is 2.61. The van der Waals surface area contributed by atoms with Crippen LogP contribution in [0.1, 0.15) is 52.9 Å². The molecule has 4 aliphatic heterocycles. The van der Waals surface area contributed by atoms with Gasteiger partial charge in [-0.3, -0.25) is 4.79 Å². The van der Waals surface area contributed by atoms with Gasteiger partial charge in [0.1, 0.15) is 5.44 Å². The fraction of sp³-hybridized carbons (Fsp3) is 0.947. The average molecular weight is 387 g/mol. The van der Waals surface area contributed by atoms with E-state index < -0.39 is 17.7 Å². The Hall–Kier alpha value is -0.340. The standard InChI is InChI=1S/C19H30O6S/c1-11-5-6-14-12(2)16(26-10-8-15(20)21-4)22-17-19(14)13(11)7-9-18(3,23-17)24-25-19/h11-14,16-17H,5-10H2,1-4H3/t11-,12-,13+,14+,16+,17-,18+,19-/m1/s1. The number of methoxy groups -OCH3 is 1. The molecule has 5 rings (SSSR count). The number of carbonyl (C=O) groups is 1.